The van der Waals surface area contributed by atoms with E-state index in [2.05, 4.69) is 9.97 Å². The molecular formula is C14H12ClN3O2. The van der Waals surface area contributed by atoms with Crippen molar-refractivity contribution in [2.45, 2.75) is 12.5 Å². The van der Waals surface area contributed by atoms with E-state index < -0.39 is 6.09 Å². The average Bonchev–Trinajstić information content (AvgIpc) is 2.81. The van der Waals surface area contributed by atoms with Crippen LogP contribution in [0.3, 0.4) is 0 Å². The molecule has 1 fully saturated rings. The van der Waals surface area contributed by atoms with E-state index in [0.717, 1.165) is 5.56 Å². The van der Waals surface area contributed by atoms with Gasteiger partial charge in [-0.1, -0.05) is 30.3 Å². The van der Waals surface area contributed by atoms with Gasteiger partial charge in [-0.3, -0.25) is 4.90 Å². The molecule has 6 heteroatoms. The topological polar surface area (TPSA) is 55.3 Å². The van der Waals surface area contributed by atoms with Gasteiger partial charge in [0.15, 0.2) is 0 Å². The highest BCUT2D eigenvalue weighted by molar-refractivity contribution is 6.28. The van der Waals surface area contributed by atoms with Crippen LogP contribution in [0.5, 0.6) is 0 Å². The van der Waals surface area contributed by atoms with Crippen molar-refractivity contribution in [1.29, 1.82) is 0 Å². The van der Waals surface area contributed by atoms with Gasteiger partial charge < -0.3 is 4.74 Å². The molecule has 2 aromatic rings. The zero-order chi connectivity index (χ0) is 13.9. The van der Waals surface area contributed by atoms with Crippen LogP contribution in [-0.4, -0.2) is 28.7 Å². The molecule has 0 N–H and O–H groups in total. The molecule has 0 saturated carbocycles. The van der Waals surface area contributed by atoms with Gasteiger partial charge in [0.25, 0.3) is 0 Å². The molecule has 1 saturated heterocycles. The number of hydrogen-bond acceptors (Lipinski definition) is 4. The van der Waals surface area contributed by atoms with Crippen LogP contribution < -0.4 is 4.90 Å². The van der Waals surface area contributed by atoms with Crippen molar-refractivity contribution in [2.75, 3.05) is 11.5 Å². The number of ether oxygens (including phenoxy) is 1. The van der Waals surface area contributed by atoms with Gasteiger partial charge in [-0.05, 0) is 29.7 Å². The normalized spacial score (nSPS) is 18.1. The van der Waals surface area contributed by atoms with Crippen LogP contribution in [0, 0.1) is 0 Å². The van der Waals surface area contributed by atoms with E-state index in [1.807, 2.05) is 30.3 Å². The molecule has 3 rings (SSSR count). The van der Waals surface area contributed by atoms with Crippen molar-refractivity contribution in [1.82, 2.24) is 9.97 Å². The lowest BCUT2D eigenvalue weighted by atomic mass is 10.1. The summed E-state index contributed by atoms with van der Waals surface area (Å²) in [5.41, 5.74) is 1.14. The van der Waals surface area contributed by atoms with Crippen molar-refractivity contribution in [2.24, 2.45) is 0 Å². The number of anilines is 1. The van der Waals surface area contributed by atoms with Crippen molar-refractivity contribution in [3.63, 3.8) is 0 Å². The van der Waals surface area contributed by atoms with E-state index in [9.17, 15) is 4.79 Å². The van der Waals surface area contributed by atoms with Crippen molar-refractivity contribution in [3.05, 3.63) is 53.4 Å². The summed E-state index contributed by atoms with van der Waals surface area (Å²) in [6.45, 7) is 0.343. The maximum atomic E-state index is 11.9. The molecule has 1 unspecified atom stereocenters. The van der Waals surface area contributed by atoms with E-state index in [1.165, 1.54) is 11.1 Å². The first-order valence-electron chi connectivity index (χ1n) is 6.22. The zero-order valence-corrected chi connectivity index (χ0v) is 11.3. The number of rotatable bonds is 3. The molecule has 1 aromatic heterocycles. The minimum absolute atomic E-state index is 0.0872. The highest BCUT2D eigenvalue weighted by Gasteiger charge is 2.35. The molecule has 0 aliphatic carbocycles. The zero-order valence-electron chi connectivity index (χ0n) is 10.6. The van der Waals surface area contributed by atoms with Crippen molar-refractivity contribution in [3.8, 4) is 0 Å². The summed E-state index contributed by atoms with van der Waals surface area (Å²) in [6.07, 6.45) is 1.82. The molecule has 1 aliphatic heterocycles. The highest BCUT2D eigenvalue weighted by Crippen LogP contribution is 2.24. The second kappa shape index (κ2) is 5.46. The second-order valence-corrected chi connectivity index (χ2v) is 4.81. The number of benzene rings is 1. The molecule has 0 bridgehead atoms. The fourth-order valence-corrected chi connectivity index (χ4v) is 2.38. The summed E-state index contributed by atoms with van der Waals surface area (Å²) < 4.78 is 5.13. The Kier molecular flexibility index (Phi) is 3.52. The van der Waals surface area contributed by atoms with E-state index in [0.29, 0.717) is 18.8 Å². The summed E-state index contributed by atoms with van der Waals surface area (Å²) in [4.78, 5) is 21.3. The molecule has 20 heavy (non-hydrogen) atoms. The van der Waals surface area contributed by atoms with E-state index in [-0.39, 0.29) is 11.3 Å². The van der Waals surface area contributed by atoms with Crippen LogP contribution in [0.15, 0.2) is 42.6 Å². The van der Waals surface area contributed by atoms with Gasteiger partial charge in [0, 0.05) is 6.20 Å². The molecule has 1 aromatic carbocycles. The summed E-state index contributed by atoms with van der Waals surface area (Å²) in [6, 6.07) is 11.5. The van der Waals surface area contributed by atoms with Gasteiger partial charge in [0.05, 0.1) is 6.04 Å². The third-order valence-electron chi connectivity index (χ3n) is 3.13. The SMILES string of the molecule is O=C1OCC(Cc2ccccc2)N1c1ccnc(Cl)n1. The van der Waals surface area contributed by atoms with Gasteiger partial charge in [-0.25, -0.2) is 14.8 Å². The minimum Gasteiger partial charge on any atom is -0.447 e. The number of carbonyl (C=O) groups excluding carboxylic acids is 1. The van der Waals surface area contributed by atoms with Gasteiger partial charge in [0.1, 0.15) is 12.4 Å². The van der Waals surface area contributed by atoms with Crippen LogP contribution in [0.25, 0.3) is 0 Å². The summed E-state index contributed by atoms with van der Waals surface area (Å²) in [5, 5.41) is 0.112. The molecule has 102 valence electrons. The Balaban J connectivity index is 1.85. The first-order chi connectivity index (χ1) is 9.74. The Morgan fingerprint density at radius 1 is 1.30 bits per heavy atom. The molecule has 1 aliphatic rings. The number of aromatic nitrogens is 2. The Labute approximate surface area is 121 Å². The monoisotopic (exact) mass is 289 g/mol. The lowest BCUT2D eigenvalue weighted by Gasteiger charge is -2.20. The number of carbonyl (C=O) groups is 1. The molecule has 0 radical (unpaired) electrons. The van der Waals surface area contributed by atoms with Gasteiger partial charge >= 0.3 is 6.09 Å². The van der Waals surface area contributed by atoms with Crippen LogP contribution in [-0.2, 0) is 11.2 Å². The first kappa shape index (κ1) is 12.9. The summed E-state index contributed by atoms with van der Waals surface area (Å²) in [7, 11) is 0. The number of hydrogen-bond donors (Lipinski definition) is 0. The largest absolute Gasteiger partial charge is 0.447 e. The van der Waals surface area contributed by atoms with Crippen LogP contribution in [0.2, 0.25) is 5.28 Å². The number of nitrogens with zero attached hydrogens (tertiary/aromatic N) is 3. The molecule has 5 nitrogen and oxygen atoms in total. The summed E-state index contributed by atoms with van der Waals surface area (Å²) >= 11 is 5.78. The predicted molar refractivity (Wildman–Crippen MR) is 74.8 cm³/mol. The smallest absolute Gasteiger partial charge is 0.415 e. The molecule has 1 amide bonds. The van der Waals surface area contributed by atoms with Crippen LogP contribution in [0.4, 0.5) is 10.6 Å². The van der Waals surface area contributed by atoms with E-state index >= 15 is 0 Å². The van der Waals surface area contributed by atoms with Gasteiger partial charge in [0.2, 0.25) is 5.28 Å². The standard InChI is InChI=1S/C14H12ClN3O2/c15-13-16-7-6-12(17-13)18-11(9-20-14(18)19)8-10-4-2-1-3-5-10/h1-7,11H,8-9H2. The third-order valence-corrected chi connectivity index (χ3v) is 3.32. The number of halogens is 1. The van der Waals surface area contributed by atoms with E-state index in [1.54, 1.807) is 6.07 Å². The quantitative estimate of drug-likeness (QED) is 0.815. The van der Waals surface area contributed by atoms with Crippen LogP contribution in [0.1, 0.15) is 5.56 Å². The number of cyclic esters (lactones) is 1. The third kappa shape index (κ3) is 2.58. The maximum absolute atomic E-state index is 11.9. The molecule has 2 heterocycles. The van der Waals surface area contributed by atoms with Crippen molar-refractivity contribution < 1.29 is 9.53 Å². The Hall–Kier alpha value is -2.14. The Morgan fingerprint density at radius 3 is 2.85 bits per heavy atom. The van der Waals surface area contributed by atoms with Gasteiger partial charge in [-0.15, -0.1) is 0 Å². The van der Waals surface area contributed by atoms with Crippen LogP contribution >= 0.6 is 11.6 Å². The first-order valence-corrected chi connectivity index (χ1v) is 6.60. The summed E-state index contributed by atoms with van der Waals surface area (Å²) in [5.74, 6) is 0.466. The predicted octanol–water partition coefficient (Wildman–Crippen LogP) is 2.70. The number of amides is 1. The average molecular weight is 290 g/mol. The maximum Gasteiger partial charge on any atom is 0.415 e. The second-order valence-electron chi connectivity index (χ2n) is 4.47. The fourth-order valence-electron chi connectivity index (χ4n) is 2.24. The highest BCUT2D eigenvalue weighted by atomic mass is 35.5. The van der Waals surface area contributed by atoms with Gasteiger partial charge in [-0.2, -0.15) is 0 Å². The fraction of sp³-hybridized carbons (Fsp3) is 0.214. The van der Waals surface area contributed by atoms with Crippen molar-refractivity contribution >= 4 is 23.5 Å². The molecule has 0 spiro atoms. The lowest BCUT2D eigenvalue weighted by Crippen LogP contribution is -2.35. The van der Waals surface area contributed by atoms with E-state index in [4.69, 9.17) is 16.3 Å². The minimum atomic E-state index is -0.402. The lowest BCUT2D eigenvalue weighted by molar-refractivity contribution is 0.178. The molecular weight excluding hydrogens is 278 g/mol. The molecule has 1 atom stereocenters. The Morgan fingerprint density at radius 2 is 2.10 bits per heavy atom. The Bertz CT molecular complexity index is 621.